The summed E-state index contributed by atoms with van der Waals surface area (Å²) in [6.07, 6.45) is 1.69. The van der Waals surface area contributed by atoms with Gasteiger partial charge in [0.15, 0.2) is 5.69 Å². The van der Waals surface area contributed by atoms with Gasteiger partial charge in [0.1, 0.15) is 5.15 Å². The van der Waals surface area contributed by atoms with E-state index in [9.17, 15) is 4.79 Å². The number of hydrogen-bond donors (Lipinski definition) is 1. The quantitative estimate of drug-likeness (QED) is 0.528. The number of halogens is 2. The Morgan fingerprint density at radius 1 is 1.81 bits per heavy atom. The van der Waals surface area contributed by atoms with Crippen molar-refractivity contribution in [2.45, 2.75) is 0 Å². The Morgan fingerprint density at radius 3 is 3.06 bits per heavy atom. The first-order valence-corrected chi connectivity index (χ1v) is 5.56. The number of ether oxygens (including phenoxy) is 1. The Kier molecular flexibility index (Phi) is 4.76. The number of esters is 1. The van der Waals surface area contributed by atoms with Crippen molar-refractivity contribution in [2.75, 3.05) is 19.0 Å². The van der Waals surface area contributed by atoms with Crippen LogP contribution in [0.3, 0.4) is 0 Å². The summed E-state index contributed by atoms with van der Waals surface area (Å²) >= 11 is 9.06. The molecule has 0 bridgehead atoms. The van der Waals surface area contributed by atoms with E-state index < -0.39 is 5.97 Å². The minimum atomic E-state index is -0.545. The van der Waals surface area contributed by atoms with Crippen molar-refractivity contribution in [3.8, 4) is 0 Å². The van der Waals surface area contributed by atoms with E-state index in [1.54, 1.807) is 12.1 Å². The molecule has 0 aliphatic carbocycles. The lowest BCUT2D eigenvalue weighted by Gasteiger charge is -2.09. The molecule has 0 saturated heterocycles. The number of nitrogens with one attached hydrogen (secondary N) is 1. The van der Waals surface area contributed by atoms with Crippen molar-refractivity contribution >= 4 is 39.2 Å². The van der Waals surface area contributed by atoms with Crippen LogP contribution in [0.5, 0.6) is 0 Å². The molecule has 0 saturated carbocycles. The maximum atomic E-state index is 11.4. The summed E-state index contributed by atoms with van der Waals surface area (Å²) in [6, 6.07) is 1.61. The second-order valence-corrected chi connectivity index (χ2v) is 4.00. The highest BCUT2D eigenvalue weighted by molar-refractivity contribution is 9.10. The molecular formula is C10H10BrClN2O2. The smallest absolute Gasteiger partial charge is 0.357 e. The van der Waals surface area contributed by atoms with Gasteiger partial charge in [-0.05, 0) is 22.0 Å². The normalized spacial score (nSPS) is 9.69. The predicted octanol–water partition coefficient (Wildman–Crippen LogP) is 2.88. The van der Waals surface area contributed by atoms with Gasteiger partial charge in [-0.15, -0.1) is 6.58 Å². The minimum Gasteiger partial charge on any atom is -0.464 e. The van der Waals surface area contributed by atoms with E-state index in [1.807, 2.05) is 0 Å². The van der Waals surface area contributed by atoms with Gasteiger partial charge in [-0.2, -0.15) is 0 Å². The maximum Gasteiger partial charge on any atom is 0.357 e. The lowest BCUT2D eigenvalue weighted by Crippen LogP contribution is -2.08. The molecule has 1 aromatic rings. The molecule has 0 fully saturated rings. The number of nitrogens with zero attached hydrogens (tertiary/aromatic N) is 1. The molecule has 0 atom stereocenters. The van der Waals surface area contributed by atoms with Crippen LogP contribution < -0.4 is 5.32 Å². The van der Waals surface area contributed by atoms with Gasteiger partial charge < -0.3 is 10.1 Å². The standard InChI is InChI=1S/C10H10BrClN2O2/c1-3-4-13-6-5-7(12)14-9(8(6)11)10(15)16-2/h3,5H,1,4H2,2H3,(H,13,14). The lowest BCUT2D eigenvalue weighted by atomic mass is 10.3. The zero-order valence-electron chi connectivity index (χ0n) is 8.59. The number of aromatic nitrogens is 1. The molecule has 0 aromatic carbocycles. The molecule has 0 aliphatic rings. The molecule has 0 amide bonds. The van der Waals surface area contributed by atoms with Crippen LogP contribution in [-0.2, 0) is 4.74 Å². The first-order chi connectivity index (χ1) is 7.60. The van der Waals surface area contributed by atoms with Gasteiger partial charge in [0, 0.05) is 6.54 Å². The fraction of sp³-hybridized carbons (Fsp3) is 0.200. The van der Waals surface area contributed by atoms with Gasteiger partial charge in [-0.3, -0.25) is 0 Å². The summed E-state index contributed by atoms with van der Waals surface area (Å²) < 4.78 is 5.11. The summed E-state index contributed by atoms with van der Waals surface area (Å²) in [5.41, 5.74) is 0.807. The van der Waals surface area contributed by atoms with Crippen LogP contribution >= 0.6 is 27.5 Å². The highest BCUT2D eigenvalue weighted by Crippen LogP contribution is 2.28. The molecule has 1 N–H and O–H groups in total. The number of anilines is 1. The van der Waals surface area contributed by atoms with Gasteiger partial charge in [-0.25, -0.2) is 9.78 Å². The van der Waals surface area contributed by atoms with Crippen LogP contribution in [0.2, 0.25) is 5.15 Å². The van der Waals surface area contributed by atoms with Crippen LogP contribution in [0, 0.1) is 0 Å². The maximum absolute atomic E-state index is 11.4. The molecule has 16 heavy (non-hydrogen) atoms. The highest BCUT2D eigenvalue weighted by atomic mass is 79.9. The number of rotatable bonds is 4. The SMILES string of the molecule is C=CCNc1cc(Cl)nc(C(=O)OC)c1Br. The summed E-state index contributed by atoms with van der Waals surface area (Å²) in [4.78, 5) is 15.3. The van der Waals surface area contributed by atoms with E-state index in [0.29, 0.717) is 16.7 Å². The van der Waals surface area contributed by atoms with Gasteiger partial charge >= 0.3 is 5.97 Å². The summed E-state index contributed by atoms with van der Waals surface area (Å²) in [5.74, 6) is -0.545. The van der Waals surface area contributed by atoms with Gasteiger partial charge in [0.25, 0.3) is 0 Å². The van der Waals surface area contributed by atoms with Crippen molar-refractivity contribution in [3.05, 3.63) is 34.0 Å². The minimum absolute atomic E-state index is 0.140. The van der Waals surface area contributed by atoms with Crippen LogP contribution in [0.15, 0.2) is 23.2 Å². The molecule has 0 unspecified atom stereocenters. The third-order valence-electron chi connectivity index (χ3n) is 1.74. The molecule has 4 nitrogen and oxygen atoms in total. The van der Waals surface area contributed by atoms with Crippen LogP contribution in [-0.4, -0.2) is 24.6 Å². The van der Waals surface area contributed by atoms with Gasteiger partial charge in [-0.1, -0.05) is 17.7 Å². The Labute approximate surface area is 107 Å². The van der Waals surface area contributed by atoms with Crippen molar-refractivity contribution in [1.82, 2.24) is 4.98 Å². The molecule has 6 heteroatoms. The van der Waals surface area contributed by atoms with E-state index in [2.05, 4.69) is 37.5 Å². The van der Waals surface area contributed by atoms with Crippen molar-refractivity contribution in [3.63, 3.8) is 0 Å². The summed E-state index contributed by atoms with van der Waals surface area (Å²) in [6.45, 7) is 4.14. The van der Waals surface area contributed by atoms with Crippen molar-refractivity contribution in [1.29, 1.82) is 0 Å². The fourth-order valence-electron chi connectivity index (χ4n) is 1.04. The molecule has 1 rings (SSSR count). The molecule has 0 radical (unpaired) electrons. The Bertz CT molecular complexity index is 424. The second-order valence-electron chi connectivity index (χ2n) is 2.82. The zero-order chi connectivity index (χ0) is 12.1. The van der Waals surface area contributed by atoms with Gasteiger partial charge in [0.2, 0.25) is 0 Å². The monoisotopic (exact) mass is 304 g/mol. The number of methoxy groups -OCH3 is 1. The average Bonchev–Trinajstić information content (AvgIpc) is 2.28. The van der Waals surface area contributed by atoms with E-state index in [0.717, 1.165) is 0 Å². The number of hydrogen-bond acceptors (Lipinski definition) is 4. The third-order valence-corrected chi connectivity index (χ3v) is 2.74. The van der Waals surface area contributed by atoms with Crippen molar-refractivity contribution in [2.24, 2.45) is 0 Å². The molecular weight excluding hydrogens is 295 g/mol. The largest absolute Gasteiger partial charge is 0.464 e. The van der Waals surface area contributed by atoms with Crippen LogP contribution in [0.4, 0.5) is 5.69 Å². The van der Waals surface area contributed by atoms with Crippen LogP contribution in [0.1, 0.15) is 10.5 Å². The topological polar surface area (TPSA) is 51.2 Å². The van der Waals surface area contributed by atoms with Crippen LogP contribution in [0.25, 0.3) is 0 Å². The van der Waals surface area contributed by atoms with E-state index in [4.69, 9.17) is 11.6 Å². The van der Waals surface area contributed by atoms with E-state index >= 15 is 0 Å². The first-order valence-electron chi connectivity index (χ1n) is 4.39. The molecule has 1 aromatic heterocycles. The highest BCUT2D eigenvalue weighted by Gasteiger charge is 2.16. The fourth-order valence-corrected chi connectivity index (χ4v) is 1.74. The van der Waals surface area contributed by atoms with E-state index in [-0.39, 0.29) is 10.8 Å². The molecule has 86 valence electrons. The zero-order valence-corrected chi connectivity index (χ0v) is 10.9. The van der Waals surface area contributed by atoms with Gasteiger partial charge in [0.05, 0.1) is 17.3 Å². The molecule has 1 heterocycles. The van der Waals surface area contributed by atoms with Crippen molar-refractivity contribution < 1.29 is 9.53 Å². The lowest BCUT2D eigenvalue weighted by molar-refractivity contribution is 0.0593. The average molecular weight is 306 g/mol. The molecule has 0 spiro atoms. The first kappa shape index (κ1) is 13.0. The second kappa shape index (κ2) is 5.86. The Hall–Kier alpha value is -1.07. The predicted molar refractivity (Wildman–Crippen MR) is 67.0 cm³/mol. The number of carbonyl (C=O) groups is 1. The number of pyridine rings is 1. The third kappa shape index (κ3) is 2.96. The summed E-state index contributed by atoms with van der Waals surface area (Å²) in [7, 11) is 1.29. The Morgan fingerprint density at radius 2 is 2.50 bits per heavy atom. The molecule has 0 aliphatic heterocycles. The van der Waals surface area contributed by atoms with E-state index in [1.165, 1.54) is 7.11 Å². The summed E-state index contributed by atoms with van der Waals surface area (Å²) in [5, 5.41) is 3.24. The Balaban J connectivity index is 3.14. The number of carbonyl (C=O) groups excluding carboxylic acids is 1.